The third kappa shape index (κ3) is 2.46. The normalized spacial score (nSPS) is 10.8. The summed E-state index contributed by atoms with van der Waals surface area (Å²) in [5, 5.41) is 4.66. The molecular weight excluding hydrogens is 306 g/mol. The van der Waals surface area contributed by atoms with Gasteiger partial charge in [-0.3, -0.25) is 4.98 Å². The van der Waals surface area contributed by atoms with Crippen LogP contribution in [-0.2, 0) is 4.74 Å². The van der Waals surface area contributed by atoms with E-state index in [4.69, 9.17) is 22.1 Å². The van der Waals surface area contributed by atoms with Gasteiger partial charge in [0.05, 0.1) is 30.0 Å². The van der Waals surface area contributed by atoms with Crippen LogP contribution in [0.1, 0.15) is 17.3 Å². The molecule has 22 heavy (non-hydrogen) atoms. The molecule has 8 heteroatoms. The van der Waals surface area contributed by atoms with Gasteiger partial charge in [-0.15, -0.1) is 0 Å². The fourth-order valence-corrected chi connectivity index (χ4v) is 2.15. The lowest BCUT2D eigenvalue weighted by molar-refractivity contribution is 0.0527. The van der Waals surface area contributed by atoms with Crippen LogP contribution in [0.3, 0.4) is 0 Å². The first kappa shape index (κ1) is 14.3. The fourth-order valence-electron chi connectivity index (χ4n) is 1.98. The average Bonchev–Trinajstić information content (AvgIpc) is 2.89. The van der Waals surface area contributed by atoms with Gasteiger partial charge in [-0.1, -0.05) is 11.6 Å². The van der Waals surface area contributed by atoms with Crippen molar-refractivity contribution in [3.8, 4) is 5.82 Å². The van der Waals surface area contributed by atoms with Crippen LogP contribution in [0, 0.1) is 0 Å². The number of nitrogen functional groups attached to an aromatic ring is 1. The largest absolute Gasteiger partial charge is 0.462 e. The Balaban J connectivity index is 2.04. The third-order valence-electron chi connectivity index (χ3n) is 3.01. The van der Waals surface area contributed by atoms with Crippen molar-refractivity contribution in [2.45, 2.75) is 6.92 Å². The minimum Gasteiger partial charge on any atom is -0.462 e. The fraction of sp³-hybridized carbons (Fsp3) is 0.143. The molecule has 1 aromatic carbocycles. The highest BCUT2D eigenvalue weighted by Crippen LogP contribution is 2.20. The number of aromatic nitrogens is 4. The van der Waals surface area contributed by atoms with Crippen LogP contribution in [-0.4, -0.2) is 32.3 Å². The summed E-state index contributed by atoms with van der Waals surface area (Å²) in [6.45, 7) is 1.98. The number of hydrogen-bond acceptors (Lipinski definition) is 6. The highest BCUT2D eigenvalue weighted by atomic mass is 35.5. The highest BCUT2D eigenvalue weighted by molar-refractivity contribution is 6.31. The van der Waals surface area contributed by atoms with E-state index in [-0.39, 0.29) is 18.0 Å². The van der Waals surface area contributed by atoms with Crippen molar-refractivity contribution in [1.82, 2.24) is 19.7 Å². The molecule has 3 aromatic rings. The lowest BCUT2D eigenvalue weighted by Gasteiger charge is -2.05. The van der Waals surface area contributed by atoms with E-state index in [1.54, 1.807) is 25.1 Å². The predicted molar refractivity (Wildman–Crippen MR) is 82.0 cm³/mol. The molecule has 3 rings (SSSR count). The number of nitrogens with two attached hydrogens (primary N) is 1. The van der Waals surface area contributed by atoms with E-state index in [2.05, 4.69) is 15.1 Å². The van der Waals surface area contributed by atoms with E-state index in [1.807, 2.05) is 0 Å². The summed E-state index contributed by atoms with van der Waals surface area (Å²) >= 11 is 5.91. The molecule has 2 N–H and O–H groups in total. The summed E-state index contributed by atoms with van der Waals surface area (Å²) in [4.78, 5) is 20.4. The molecule has 0 spiro atoms. The molecule has 0 atom stereocenters. The van der Waals surface area contributed by atoms with Crippen LogP contribution < -0.4 is 5.73 Å². The molecule has 0 saturated heterocycles. The van der Waals surface area contributed by atoms with Crippen LogP contribution in [0.25, 0.3) is 16.9 Å². The van der Waals surface area contributed by atoms with E-state index < -0.39 is 5.97 Å². The Bertz CT molecular complexity index is 862. The summed E-state index contributed by atoms with van der Waals surface area (Å²) in [5.41, 5.74) is 7.45. The van der Waals surface area contributed by atoms with E-state index in [0.717, 1.165) is 0 Å². The van der Waals surface area contributed by atoms with Crippen LogP contribution >= 0.6 is 11.6 Å². The first-order valence-corrected chi connectivity index (χ1v) is 6.91. The number of hydrogen-bond donors (Lipinski definition) is 1. The van der Waals surface area contributed by atoms with Crippen LogP contribution in [0.4, 0.5) is 5.82 Å². The van der Waals surface area contributed by atoms with Gasteiger partial charge in [0.1, 0.15) is 11.4 Å². The molecule has 0 saturated carbocycles. The number of carbonyl (C=O) groups excluding carboxylic acids is 1. The van der Waals surface area contributed by atoms with Crippen molar-refractivity contribution in [2.24, 2.45) is 0 Å². The van der Waals surface area contributed by atoms with Gasteiger partial charge >= 0.3 is 5.97 Å². The number of halogens is 1. The van der Waals surface area contributed by atoms with Gasteiger partial charge in [0.25, 0.3) is 0 Å². The minimum atomic E-state index is -0.521. The maximum Gasteiger partial charge on any atom is 0.343 e. The van der Waals surface area contributed by atoms with Gasteiger partial charge in [0, 0.05) is 5.02 Å². The lowest BCUT2D eigenvalue weighted by Crippen LogP contribution is -2.10. The van der Waals surface area contributed by atoms with Gasteiger partial charge in [-0.05, 0) is 25.1 Å². The van der Waals surface area contributed by atoms with E-state index in [0.29, 0.717) is 21.9 Å². The lowest BCUT2D eigenvalue weighted by atomic mass is 10.3. The zero-order valence-electron chi connectivity index (χ0n) is 11.7. The Morgan fingerprint density at radius 2 is 2.18 bits per heavy atom. The van der Waals surface area contributed by atoms with Crippen molar-refractivity contribution < 1.29 is 9.53 Å². The molecule has 0 unspecified atom stereocenters. The zero-order chi connectivity index (χ0) is 15.7. The van der Waals surface area contributed by atoms with Gasteiger partial charge < -0.3 is 10.5 Å². The van der Waals surface area contributed by atoms with Crippen molar-refractivity contribution in [3.63, 3.8) is 0 Å². The molecule has 7 nitrogen and oxygen atoms in total. The number of benzene rings is 1. The monoisotopic (exact) mass is 317 g/mol. The molecule has 0 bridgehead atoms. The number of fused-ring (bicyclic) bond motifs is 1. The minimum absolute atomic E-state index is 0.154. The van der Waals surface area contributed by atoms with Crippen LogP contribution in [0.15, 0.2) is 30.6 Å². The maximum atomic E-state index is 11.8. The zero-order valence-corrected chi connectivity index (χ0v) is 12.4. The standard InChI is InChI=1S/C14H12ClN5O2/c1-2-22-14(21)9-6-18-20(13(9)16)12-7-17-11-5-8(15)3-4-10(11)19-12/h3-7H,2,16H2,1H3. The van der Waals surface area contributed by atoms with Gasteiger partial charge in [0.15, 0.2) is 5.82 Å². The molecule has 2 aromatic heterocycles. The molecule has 0 amide bonds. The SMILES string of the molecule is CCOC(=O)c1cnn(-c2cnc3cc(Cl)ccc3n2)c1N. The topological polar surface area (TPSA) is 95.9 Å². The van der Waals surface area contributed by atoms with Crippen molar-refractivity contribution in [1.29, 1.82) is 0 Å². The first-order valence-electron chi connectivity index (χ1n) is 6.53. The maximum absolute atomic E-state index is 11.8. The van der Waals surface area contributed by atoms with Crippen LogP contribution in [0.5, 0.6) is 0 Å². The number of ether oxygens (including phenoxy) is 1. The van der Waals surface area contributed by atoms with Gasteiger partial charge in [-0.2, -0.15) is 9.78 Å². The Hall–Kier alpha value is -2.67. The Morgan fingerprint density at radius 3 is 2.95 bits per heavy atom. The second-order valence-corrected chi connectivity index (χ2v) is 4.87. The molecule has 0 fully saturated rings. The summed E-state index contributed by atoms with van der Waals surface area (Å²) in [5.74, 6) is 0.0377. The number of nitrogens with zero attached hydrogens (tertiary/aromatic N) is 4. The van der Waals surface area contributed by atoms with Gasteiger partial charge in [-0.25, -0.2) is 9.78 Å². The molecule has 0 aliphatic rings. The summed E-state index contributed by atoms with van der Waals surface area (Å²) < 4.78 is 6.26. The number of anilines is 1. The molecular formula is C14H12ClN5O2. The number of carbonyl (C=O) groups is 1. The van der Waals surface area contributed by atoms with E-state index >= 15 is 0 Å². The molecule has 112 valence electrons. The average molecular weight is 318 g/mol. The first-order chi connectivity index (χ1) is 10.6. The number of rotatable bonds is 3. The molecule has 0 aliphatic heterocycles. The predicted octanol–water partition coefficient (Wildman–Crippen LogP) is 2.23. The Morgan fingerprint density at radius 1 is 1.36 bits per heavy atom. The summed E-state index contributed by atoms with van der Waals surface area (Å²) in [6, 6.07) is 5.18. The third-order valence-corrected chi connectivity index (χ3v) is 3.25. The van der Waals surface area contributed by atoms with Gasteiger partial charge in [0.2, 0.25) is 0 Å². The van der Waals surface area contributed by atoms with E-state index in [1.165, 1.54) is 17.1 Å². The second kappa shape index (κ2) is 5.61. The molecule has 0 radical (unpaired) electrons. The van der Waals surface area contributed by atoms with Crippen LogP contribution in [0.2, 0.25) is 5.02 Å². The smallest absolute Gasteiger partial charge is 0.343 e. The van der Waals surface area contributed by atoms with Crippen molar-refractivity contribution >= 4 is 34.4 Å². The second-order valence-electron chi connectivity index (χ2n) is 4.44. The van der Waals surface area contributed by atoms with Crippen molar-refractivity contribution in [3.05, 3.63) is 41.2 Å². The highest BCUT2D eigenvalue weighted by Gasteiger charge is 2.18. The Kier molecular flexibility index (Phi) is 3.64. The van der Waals surface area contributed by atoms with E-state index in [9.17, 15) is 4.79 Å². The summed E-state index contributed by atoms with van der Waals surface area (Å²) in [7, 11) is 0. The quantitative estimate of drug-likeness (QED) is 0.744. The van der Waals surface area contributed by atoms with Crippen molar-refractivity contribution in [2.75, 3.05) is 12.3 Å². The molecule has 2 heterocycles. The number of esters is 1. The summed E-state index contributed by atoms with van der Waals surface area (Å²) in [6.07, 6.45) is 2.86. The molecule has 0 aliphatic carbocycles. The Labute approximate surface area is 130 Å².